The minimum atomic E-state index is -3.96. The Morgan fingerprint density at radius 3 is 0.786 bits per heavy atom. The van der Waals surface area contributed by atoms with E-state index in [1.54, 1.807) is 0 Å². The maximum atomic E-state index is 7.79. The summed E-state index contributed by atoms with van der Waals surface area (Å²) in [6.45, 7) is 32.1. The Labute approximate surface area is 346 Å². The lowest BCUT2D eigenvalue weighted by Gasteiger charge is -2.64. The Balaban J connectivity index is 1.67. The molecule has 56 heavy (non-hydrogen) atoms. The van der Waals surface area contributed by atoms with Crippen LogP contribution in [-0.2, 0) is 58.9 Å². The Morgan fingerprint density at radius 2 is 0.589 bits per heavy atom. The summed E-state index contributed by atoms with van der Waals surface area (Å²) in [4.78, 5) is 0. The molecular weight excluding hydrogens is 857 g/mol. The van der Waals surface area contributed by atoms with Gasteiger partial charge < -0.3 is 58.9 Å². The van der Waals surface area contributed by atoms with E-state index in [0.717, 1.165) is 6.61 Å². The fourth-order valence-corrected chi connectivity index (χ4v) is 60.2. The van der Waals surface area contributed by atoms with Crippen molar-refractivity contribution in [3.63, 3.8) is 0 Å². The first-order valence-corrected chi connectivity index (χ1v) is 37.0. The molecule has 326 valence electrons. The molecule has 0 spiro atoms. The molecule has 0 N–H and O–H groups in total. The highest BCUT2D eigenvalue weighted by molar-refractivity contribution is 7.03. The van der Waals surface area contributed by atoms with Crippen molar-refractivity contribution < 1.29 is 58.9 Å². The minimum Gasteiger partial charge on any atom is -0.379 e. The summed E-state index contributed by atoms with van der Waals surface area (Å²) in [5.41, 5.74) is 0. The number of hydrogen-bond donors (Lipinski definition) is 0. The van der Waals surface area contributed by atoms with Gasteiger partial charge in [-0.1, -0.05) is 96.9 Å². The largest absolute Gasteiger partial charge is 0.479 e. The fraction of sp³-hybridized carbons (Fsp3) is 1.00. The first kappa shape index (κ1) is 46.7. The lowest BCUT2D eigenvalue weighted by Crippen LogP contribution is -2.88. The second-order valence-electron chi connectivity index (χ2n) is 20.0. The number of epoxide rings is 1. The highest BCUT2D eigenvalue weighted by atomic mass is 28.6. The third kappa shape index (κ3) is 11.2. The van der Waals surface area contributed by atoms with Crippen LogP contribution in [0.4, 0.5) is 0 Å². The van der Waals surface area contributed by atoms with Gasteiger partial charge in [-0.05, 0) is 47.8 Å². The molecule has 1 unspecified atom stereocenters. The highest BCUT2D eigenvalue weighted by Gasteiger charge is 2.83. The zero-order valence-corrected chi connectivity index (χ0v) is 44.8. The van der Waals surface area contributed by atoms with Crippen LogP contribution in [0.1, 0.15) is 103 Å². The van der Waals surface area contributed by atoms with Crippen molar-refractivity contribution >= 4 is 70.4 Å². The molecule has 0 saturated carbocycles. The summed E-state index contributed by atoms with van der Waals surface area (Å²) in [5.74, 6) is 0.873. The Kier molecular flexibility index (Phi) is 14.5. The molecule has 8 bridgehead atoms. The third-order valence-electron chi connectivity index (χ3n) is 9.82. The molecule has 0 aromatic rings. The molecule has 0 aromatic heterocycles. The summed E-state index contributed by atoms with van der Waals surface area (Å²) in [6, 6.07) is 3.82. The lowest BCUT2D eigenvalue weighted by molar-refractivity contribution is -0.0345. The molecule has 0 aliphatic carbocycles. The van der Waals surface area contributed by atoms with E-state index < -0.39 is 70.4 Å². The van der Waals surface area contributed by atoms with Gasteiger partial charge in [0.1, 0.15) is 6.10 Å². The molecule has 1 atom stereocenters. The fourth-order valence-electron chi connectivity index (χ4n) is 8.64. The van der Waals surface area contributed by atoms with Gasteiger partial charge in [-0.2, -0.15) is 0 Å². The van der Waals surface area contributed by atoms with Crippen LogP contribution in [0.25, 0.3) is 0 Å². The monoisotopic (exact) mass is 930 g/mol. The summed E-state index contributed by atoms with van der Waals surface area (Å²) < 4.78 is 105. The van der Waals surface area contributed by atoms with Crippen LogP contribution >= 0.6 is 0 Å². The number of ether oxygens (including phenoxy) is 2. The van der Waals surface area contributed by atoms with Crippen LogP contribution in [0.2, 0.25) is 48.4 Å². The van der Waals surface area contributed by atoms with Crippen LogP contribution < -0.4 is 0 Å². The van der Waals surface area contributed by atoms with Crippen molar-refractivity contribution in [2.24, 2.45) is 41.4 Å². The van der Waals surface area contributed by atoms with Crippen LogP contribution in [0.3, 0.4) is 0 Å². The summed E-state index contributed by atoms with van der Waals surface area (Å²) >= 11 is 0. The van der Waals surface area contributed by atoms with E-state index in [0.29, 0.717) is 68.0 Å². The molecule has 7 aliphatic rings. The molecule has 0 amide bonds. The van der Waals surface area contributed by atoms with Gasteiger partial charge in [-0.15, -0.1) is 0 Å². The first-order chi connectivity index (χ1) is 26.0. The van der Waals surface area contributed by atoms with E-state index in [4.69, 9.17) is 58.9 Å². The predicted octanol–water partition coefficient (Wildman–Crippen LogP) is 8.16. The topological polar surface area (TPSA) is 133 Å². The average Bonchev–Trinajstić information content (AvgIpc) is 3.74. The maximum absolute atomic E-state index is 7.79. The molecule has 0 aromatic carbocycles. The van der Waals surface area contributed by atoms with E-state index in [-0.39, 0.29) is 47.5 Å². The van der Waals surface area contributed by atoms with Gasteiger partial charge in [-0.3, -0.25) is 0 Å². The van der Waals surface area contributed by atoms with Gasteiger partial charge in [-0.25, -0.2) is 0 Å². The van der Waals surface area contributed by atoms with Crippen LogP contribution in [0.15, 0.2) is 0 Å². The van der Waals surface area contributed by atoms with Crippen LogP contribution in [0.5, 0.6) is 0 Å². The van der Waals surface area contributed by atoms with E-state index in [9.17, 15) is 0 Å². The second kappa shape index (κ2) is 17.4. The molecule has 7 aliphatic heterocycles. The quantitative estimate of drug-likeness (QED) is 0.0661. The average molecular weight is 932 g/mol. The Hall–Kier alpha value is 1.18. The standard InChI is InChI=1S/C34H74O14Si8/c1-27(2)20-50-37-49(17-15-16-35-18-34-19-36-34)38-51(21-28(3)4)42-53(40-50,23-30(7)8)46-56(26-33(13)14)47-54(41-50,24-31(9)10)43-52(39-49,22-29(5)6)45-55(44-51,48-56)25-32(11)12/h27-34H,15-26H2,1-14H3. The minimum absolute atomic E-state index is 0.119. The van der Waals surface area contributed by atoms with Crippen molar-refractivity contribution in [3.05, 3.63) is 0 Å². The molecule has 22 heteroatoms. The van der Waals surface area contributed by atoms with Gasteiger partial charge in [0.15, 0.2) is 0 Å². The second-order valence-corrected chi connectivity index (χ2v) is 44.1. The van der Waals surface area contributed by atoms with Crippen molar-refractivity contribution in [3.8, 4) is 0 Å². The van der Waals surface area contributed by atoms with E-state index >= 15 is 0 Å². The van der Waals surface area contributed by atoms with Crippen molar-refractivity contribution in [1.29, 1.82) is 0 Å². The molecule has 0 radical (unpaired) electrons. The van der Waals surface area contributed by atoms with E-state index in [2.05, 4.69) is 96.9 Å². The van der Waals surface area contributed by atoms with Gasteiger partial charge in [0.05, 0.1) is 13.2 Å². The summed E-state index contributed by atoms with van der Waals surface area (Å²) in [6.07, 6.45) is 0.769. The van der Waals surface area contributed by atoms with Crippen LogP contribution in [0, 0.1) is 41.4 Å². The third-order valence-corrected chi connectivity index (χ3v) is 49.9. The van der Waals surface area contributed by atoms with Gasteiger partial charge >= 0.3 is 70.4 Å². The molecule has 7 saturated heterocycles. The summed E-state index contributed by atoms with van der Waals surface area (Å²) in [7, 11) is -31.3. The van der Waals surface area contributed by atoms with E-state index in [1.165, 1.54) is 0 Å². The number of hydrogen-bond acceptors (Lipinski definition) is 14. The van der Waals surface area contributed by atoms with Crippen molar-refractivity contribution in [2.45, 2.75) is 158 Å². The van der Waals surface area contributed by atoms with E-state index in [1.807, 2.05) is 0 Å². The van der Waals surface area contributed by atoms with Crippen molar-refractivity contribution in [1.82, 2.24) is 0 Å². The Bertz CT molecular complexity index is 1190. The zero-order valence-electron chi connectivity index (χ0n) is 36.8. The van der Waals surface area contributed by atoms with Crippen molar-refractivity contribution in [2.75, 3.05) is 19.8 Å². The molecule has 7 heterocycles. The molecular formula is C34H74O14Si8. The SMILES string of the molecule is CC(C)C[Si]12O[Si]3(CCCOCC4CO4)O[Si]4(CC(C)C)O[Si](CC(C)C)(O1)O[Si]1(CC(C)C)O[Si](CC(C)C)(O2)O[Si](CC(C)C)(O3)O[Si](CC(C)C)(O4)O1. The zero-order chi connectivity index (χ0) is 41.0. The first-order valence-electron chi connectivity index (χ1n) is 21.6. The summed E-state index contributed by atoms with van der Waals surface area (Å²) in [5, 5.41) is 0. The smallest absolute Gasteiger partial charge is 0.379 e. The van der Waals surface area contributed by atoms with Crippen LogP contribution in [-0.4, -0.2) is 96.4 Å². The van der Waals surface area contributed by atoms with Gasteiger partial charge in [0.2, 0.25) is 0 Å². The van der Waals surface area contributed by atoms with Gasteiger partial charge in [0.25, 0.3) is 0 Å². The normalized spacial score (nSPS) is 42.1. The maximum Gasteiger partial charge on any atom is 0.479 e. The number of rotatable bonds is 20. The van der Waals surface area contributed by atoms with Gasteiger partial charge in [0, 0.05) is 55.0 Å². The highest BCUT2D eigenvalue weighted by Crippen LogP contribution is 2.55. The molecule has 14 nitrogen and oxygen atoms in total. The lowest BCUT2D eigenvalue weighted by atomic mass is 10.3. The Morgan fingerprint density at radius 1 is 0.375 bits per heavy atom. The predicted molar refractivity (Wildman–Crippen MR) is 227 cm³/mol. The molecule has 7 fully saturated rings. The molecule has 7 rings (SSSR count).